The molecule has 0 aliphatic carbocycles. The molecule has 3 aromatic carbocycles. The molecule has 1 aromatic heterocycles. The van der Waals surface area contributed by atoms with Crippen molar-refractivity contribution >= 4 is 28.5 Å². The third kappa shape index (κ3) is 3.89. The molecular formula is C22H17ClFN3O. The second-order valence-electron chi connectivity index (χ2n) is 6.48. The number of rotatable bonds is 5. The smallest absolute Gasteiger partial charge is 0.253 e. The number of H-pyrrole nitrogens is 1. The van der Waals surface area contributed by atoms with Gasteiger partial charge < -0.3 is 10.3 Å². The first-order valence-corrected chi connectivity index (χ1v) is 9.22. The van der Waals surface area contributed by atoms with Crippen molar-refractivity contribution in [3.8, 4) is 0 Å². The van der Waals surface area contributed by atoms with E-state index in [0.29, 0.717) is 12.2 Å². The molecule has 1 atom stereocenters. The van der Waals surface area contributed by atoms with E-state index in [9.17, 15) is 9.18 Å². The molecule has 2 N–H and O–H groups in total. The Kier molecular flexibility index (Phi) is 5.08. The van der Waals surface area contributed by atoms with Crippen LogP contribution in [-0.4, -0.2) is 15.9 Å². The maximum atomic E-state index is 13.3. The molecule has 4 nitrogen and oxygen atoms in total. The molecule has 0 unspecified atom stereocenters. The molecule has 0 fully saturated rings. The van der Waals surface area contributed by atoms with Crippen LogP contribution in [0, 0.1) is 5.82 Å². The fraction of sp³-hybridized carbons (Fsp3) is 0.0909. The SMILES string of the molecule is O=C(N[C@@H](Cc1ccccc1)c1nc2ccccc2[nH]1)c1ccc(F)cc1Cl. The Labute approximate surface area is 166 Å². The first-order valence-electron chi connectivity index (χ1n) is 8.84. The summed E-state index contributed by atoms with van der Waals surface area (Å²) < 4.78 is 13.3. The molecule has 28 heavy (non-hydrogen) atoms. The number of imidazole rings is 1. The number of nitrogens with zero attached hydrogens (tertiary/aromatic N) is 1. The van der Waals surface area contributed by atoms with Crippen molar-refractivity contribution in [2.75, 3.05) is 0 Å². The van der Waals surface area contributed by atoms with Crippen LogP contribution in [0.15, 0.2) is 72.8 Å². The summed E-state index contributed by atoms with van der Waals surface area (Å²) in [6, 6.07) is 20.8. The van der Waals surface area contributed by atoms with E-state index in [1.54, 1.807) is 0 Å². The molecule has 4 aromatic rings. The Morgan fingerprint density at radius 1 is 1.07 bits per heavy atom. The van der Waals surface area contributed by atoms with Gasteiger partial charge in [-0.15, -0.1) is 0 Å². The average Bonchev–Trinajstić information content (AvgIpc) is 3.12. The van der Waals surface area contributed by atoms with Crippen LogP contribution >= 0.6 is 11.6 Å². The molecule has 0 radical (unpaired) electrons. The van der Waals surface area contributed by atoms with Gasteiger partial charge in [-0.2, -0.15) is 0 Å². The highest BCUT2D eigenvalue weighted by atomic mass is 35.5. The lowest BCUT2D eigenvalue weighted by molar-refractivity contribution is 0.0935. The van der Waals surface area contributed by atoms with Gasteiger partial charge in [-0.3, -0.25) is 4.79 Å². The molecule has 0 aliphatic rings. The zero-order valence-corrected chi connectivity index (χ0v) is 15.6. The van der Waals surface area contributed by atoms with Gasteiger partial charge in [0.05, 0.1) is 27.7 Å². The number of benzene rings is 3. The highest BCUT2D eigenvalue weighted by Gasteiger charge is 2.21. The molecule has 0 saturated heterocycles. The molecule has 140 valence electrons. The van der Waals surface area contributed by atoms with E-state index in [0.717, 1.165) is 22.7 Å². The minimum absolute atomic E-state index is 0.0700. The van der Waals surface area contributed by atoms with Gasteiger partial charge in [0.25, 0.3) is 5.91 Å². The first kappa shape index (κ1) is 18.2. The number of para-hydroxylation sites is 2. The Balaban J connectivity index is 1.67. The van der Waals surface area contributed by atoms with Crippen molar-refractivity contribution in [1.29, 1.82) is 0 Å². The Hall–Kier alpha value is -3.18. The van der Waals surface area contributed by atoms with Gasteiger partial charge in [-0.05, 0) is 42.3 Å². The van der Waals surface area contributed by atoms with Crippen molar-refractivity contribution in [3.63, 3.8) is 0 Å². The molecule has 0 spiro atoms. The summed E-state index contributed by atoms with van der Waals surface area (Å²) in [6.45, 7) is 0. The van der Waals surface area contributed by atoms with Crippen LogP contribution in [0.25, 0.3) is 11.0 Å². The highest BCUT2D eigenvalue weighted by molar-refractivity contribution is 6.33. The number of amides is 1. The van der Waals surface area contributed by atoms with Gasteiger partial charge in [-0.1, -0.05) is 54.1 Å². The minimum atomic E-state index is -0.486. The molecule has 4 rings (SSSR count). The number of aromatic nitrogens is 2. The number of nitrogens with one attached hydrogen (secondary N) is 2. The van der Waals surface area contributed by atoms with E-state index >= 15 is 0 Å². The largest absolute Gasteiger partial charge is 0.342 e. The molecule has 0 aliphatic heterocycles. The van der Waals surface area contributed by atoms with Crippen molar-refractivity contribution in [2.45, 2.75) is 12.5 Å². The molecule has 0 saturated carbocycles. The normalized spacial score (nSPS) is 12.1. The lowest BCUT2D eigenvalue weighted by Gasteiger charge is -2.17. The van der Waals surface area contributed by atoms with Gasteiger partial charge in [0.2, 0.25) is 0 Å². The van der Waals surface area contributed by atoms with Gasteiger partial charge >= 0.3 is 0 Å². The summed E-state index contributed by atoms with van der Waals surface area (Å²) >= 11 is 6.05. The summed E-state index contributed by atoms with van der Waals surface area (Å²) in [5.41, 5.74) is 2.99. The lowest BCUT2D eigenvalue weighted by Crippen LogP contribution is -2.31. The minimum Gasteiger partial charge on any atom is -0.342 e. The summed E-state index contributed by atoms with van der Waals surface area (Å²) in [5.74, 6) is -0.220. The number of hydrogen-bond donors (Lipinski definition) is 2. The first-order chi connectivity index (χ1) is 13.6. The van der Waals surface area contributed by atoms with Crippen molar-refractivity contribution in [3.05, 3.63) is 101 Å². The zero-order chi connectivity index (χ0) is 19.5. The van der Waals surface area contributed by atoms with Crippen LogP contribution in [0.2, 0.25) is 5.02 Å². The fourth-order valence-corrected chi connectivity index (χ4v) is 3.37. The van der Waals surface area contributed by atoms with Crippen molar-refractivity contribution < 1.29 is 9.18 Å². The van der Waals surface area contributed by atoms with E-state index in [4.69, 9.17) is 11.6 Å². The van der Waals surface area contributed by atoms with Crippen LogP contribution in [0.3, 0.4) is 0 Å². The number of fused-ring (bicyclic) bond motifs is 1. The molecule has 0 bridgehead atoms. The van der Waals surface area contributed by atoms with E-state index < -0.39 is 11.9 Å². The number of halogens is 2. The quantitative estimate of drug-likeness (QED) is 0.497. The molecule has 6 heteroatoms. The predicted molar refractivity (Wildman–Crippen MR) is 108 cm³/mol. The van der Waals surface area contributed by atoms with Crippen LogP contribution in [-0.2, 0) is 6.42 Å². The third-order valence-electron chi connectivity index (χ3n) is 4.50. The average molecular weight is 394 g/mol. The topological polar surface area (TPSA) is 57.8 Å². The van der Waals surface area contributed by atoms with Gasteiger partial charge in [0.1, 0.15) is 11.6 Å². The maximum Gasteiger partial charge on any atom is 0.253 e. The summed E-state index contributed by atoms with van der Waals surface area (Å²) in [6.07, 6.45) is 0.547. The van der Waals surface area contributed by atoms with Crippen molar-refractivity contribution in [1.82, 2.24) is 15.3 Å². The Morgan fingerprint density at radius 2 is 1.82 bits per heavy atom. The lowest BCUT2D eigenvalue weighted by atomic mass is 10.0. The predicted octanol–water partition coefficient (Wildman–Crippen LogP) is 5.07. The maximum absolute atomic E-state index is 13.3. The highest BCUT2D eigenvalue weighted by Crippen LogP contribution is 2.22. The second-order valence-corrected chi connectivity index (χ2v) is 6.89. The van der Waals surface area contributed by atoms with E-state index in [2.05, 4.69) is 15.3 Å². The Morgan fingerprint density at radius 3 is 2.57 bits per heavy atom. The number of carbonyl (C=O) groups excluding carboxylic acids is 1. The van der Waals surface area contributed by atoms with Gasteiger partial charge in [0, 0.05) is 0 Å². The fourth-order valence-electron chi connectivity index (χ4n) is 3.11. The third-order valence-corrected chi connectivity index (χ3v) is 4.81. The molecule has 1 heterocycles. The monoisotopic (exact) mass is 393 g/mol. The van der Waals surface area contributed by atoms with E-state index in [1.807, 2.05) is 54.6 Å². The summed E-state index contributed by atoms with van der Waals surface area (Å²) in [7, 11) is 0. The molecular weight excluding hydrogens is 377 g/mol. The Bertz CT molecular complexity index is 1090. The summed E-state index contributed by atoms with van der Waals surface area (Å²) in [5, 5.41) is 3.05. The van der Waals surface area contributed by atoms with Crippen LogP contribution in [0.1, 0.15) is 27.8 Å². The number of hydrogen-bond acceptors (Lipinski definition) is 2. The van der Waals surface area contributed by atoms with Crippen molar-refractivity contribution in [2.24, 2.45) is 0 Å². The zero-order valence-electron chi connectivity index (χ0n) is 14.8. The standard InChI is InChI=1S/C22H17ClFN3O/c23-17-13-15(24)10-11-16(17)22(28)27-20(12-14-6-2-1-3-7-14)21-25-18-8-4-5-9-19(18)26-21/h1-11,13,20H,12H2,(H,25,26)(H,27,28)/t20-/m0/s1. The van der Waals surface area contributed by atoms with Crippen LogP contribution in [0.4, 0.5) is 4.39 Å². The number of aromatic amines is 1. The van der Waals surface area contributed by atoms with Crippen LogP contribution in [0.5, 0.6) is 0 Å². The van der Waals surface area contributed by atoms with Gasteiger partial charge in [-0.25, -0.2) is 9.37 Å². The second kappa shape index (κ2) is 7.82. The van der Waals surface area contributed by atoms with E-state index in [-0.39, 0.29) is 16.5 Å². The van der Waals surface area contributed by atoms with Gasteiger partial charge in [0.15, 0.2) is 0 Å². The molecule has 1 amide bonds. The summed E-state index contributed by atoms with van der Waals surface area (Å²) in [4.78, 5) is 20.7. The number of carbonyl (C=O) groups is 1. The van der Waals surface area contributed by atoms with Crippen LogP contribution < -0.4 is 5.32 Å². The van der Waals surface area contributed by atoms with E-state index in [1.165, 1.54) is 12.1 Å².